The van der Waals surface area contributed by atoms with E-state index in [1.807, 2.05) is 26.0 Å². The second-order valence-corrected chi connectivity index (χ2v) is 4.78. The quantitative estimate of drug-likeness (QED) is 0.832. The van der Waals surface area contributed by atoms with Crippen LogP contribution in [0.2, 0.25) is 0 Å². The zero-order valence-corrected chi connectivity index (χ0v) is 11.9. The maximum atomic E-state index is 12.3. The number of hydrogen-bond acceptors (Lipinski definition) is 4. The molecule has 0 bridgehead atoms. The Kier molecular flexibility index (Phi) is 3.90. The Balaban J connectivity index is 2.47. The van der Waals surface area contributed by atoms with E-state index in [1.165, 1.54) is 6.08 Å². The van der Waals surface area contributed by atoms with Gasteiger partial charge in [0.25, 0.3) is 11.8 Å². The summed E-state index contributed by atoms with van der Waals surface area (Å²) in [5.74, 6) is -0.0483. The summed E-state index contributed by atoms with van der Waals surface area (Å²) in [5, 5.41) is 0. The van der Waals surface area contributed by atoms with Crippen molar-refractivity contribution < 1.29 is 14.3 Å². The molecule has 2 rings (SSSR count). The summed E-state index contributed by atoms with van der Waals surface area (Å²) in [6.45, 7) is 4.41. The maximum absolute atomic E-state index is 12.3. The van der Waals surface area contributed by atoms with Crippen LogP contribution < -0.4 is 10.5 Å². The van der Waals surface area contributed by atoms with Gasteiger partial charge in [0.1, 0.15) is 5.75 Å². The van der Waals surface area contributed by atoms with Gasteiger partial charge in [0.2, 0.25) is 0 Å². The number of ether oxygens (including phenoxy) is 1. The van der Waals surface area contributed by atoms with E-state index in [0.29, 0.717) is 16.9 Å². The fourth-order valence-corrected chi connectivity index (χ4v) is 2.21. The number of hydrogen-bond donors (Lipinski definition) is 1. The van der Waals surface area contributed by atoms with E-state index in [0.717, 1.165) is 16.0 Å². The van der Waals surface area contributed by atoms with E-state index in [9.17, 15) is 9.59 Å². The van der Waals surface area contributed by atoms with Crippen molar-refractivity contribution in [1.29, 1.82) is 0 Å². The van der Waals surface area contributed by atoms with Crippen molar-refractivity contribution in [3.8, 4) is 5.75 Å². The molecule has 0 unspecified atom stereocenters. The van der Waals surface area contributed by atoms with Crippen molar-refractivity contribution in [3.05, 3.63) is 34.9 Å². The highest BCUT2D eigenvalue weighted by molar-refractivity contribution is 6.33. The molecule has 5 nitrogen and oxygen atoms in total. The molecule has 0 saturated carbocycles. The number of nitrogens with zero attached hydrogens (tertiary/aromatic N) is 1. The van der Waals surface area contributed by atoms with Crippen LogP contribution >= 0.6 is 0 Å². The fraction of sp³-hybridized carbons (Fsp3) is 0.333. The Morgan fingerprint density at radius 3 is 2.45 bits per heavy atom. The number of carbonyl (C=O) groups excluding carboxylic acids is 2. The molecule has 0 aliphatic carbocycles. The van der Waals surface area contributed by atoms with E-state index in [-0.39, 0.29) is 24.9 Å². The predicted octanol–water partition coefficient (Wildman–Crippen LogP) is 1.02. The molecule has 0 spiro atoms. The molecule has 0 atom stereocenters. The third-order valence-electron chi connectivity index (χ3n) is 3.47. The molecule has 0 aromatic heterocycles. The minimum atomic E-state index is -0.323. The van der Waals surface area contributed by atoms with Gasteiger partial charge >= 0.3 is 0 Å². The Bertz CT molecular complexity index is 605. The van der Waals surface area contributed by atoms with Gasteiger partial charge in [-0.3, -0.25) is 14.5 Å². The van der Waals surface area contributed by atoms with Crippen molar-refractivity contribution >= 4 is 17.4 Å². The highest BCUT2D eigenvalue weighted by Gasteiger charge is 2.32. The standard InChI is InChI=1S/C15H18N2O3/c1-9-6-11(13(20-3)7-10(9)2)12-8-14(18)17(5-4-16)15(12)19/h6-8H,4-5,16H2,1-3H3. The van der Waals surface area contributed by atoms with Crippen molar-refractivity contribution in [1.82, 2.24) is 4.90 Å². The third-order valence-corrected chi connectivity index (χ3v) is 3.47. The van der Waals surface area contributed by atoms with Gasteiger partial charge in [-0.25, -0.2) is 0 Å². The summed E-state index contributed by atoms with van der Waals surface area (Å²) in [7, 11) is 1.55. The van der Waals surface area contributed by atoms with Gasteiger partial charge in [-0.05, 0) is 37.1 Å². The first-order valence-corrected chi connectivity index (χ1v) is 6.42. The van der Waals surface area contributed by atoms with Gasteiger partial charge in [0.05, 0.1) is 12.7 Å². The Morgan fingerprint density at radius 2 is 1.85 bits per heavy atom. The van der Waals surface area contributed by atoms with Crippen LogP contribution in [0, 0.1) is 13.8 Å². The lowest BCUT2D eigenvalue weighted by atomic mass is 9.99. The number of methoxy groups -OCH3 is 1. The number of nitrogens with two attached hydrogens (primary N) is 1. The first-order valence-electron chi connectivity index (χ1n) is 6.42. The average Bonchev–Trinajstić information content (AvgIpc) is 2.69. The molecule has 1 aliphatic rings. The minimum Gasteiger partial charge on any atom is -0.496 e. The van der Waals surface area contributed by atoms with Crippen molar-refractivity contribution in [2.45, 2.75) is 13.8 Å². The monoisotopic (exact) mass is 274 g/mol. The topological polar surface area (TPSA) is 72.6 Å². The molecule has 106 valence electrons. The average molecular weight is 274 g/mol. The van der Waals surface area contributed by atoms with Crippen LogP contribution in [0.4, 0.5) is 0 Å². The van der Waals surface area contributed by atoms with Crippen LogP contribution in [-0.2, 0) is 9.59 Å². The molecule has 0 fully saturated rings. The number of imide groups is 1. The number of carbonyl (C=O) groups is 2. The third kappa shape index (κ3) is 2.32. The van der Waals surface area contributed by atoms with Crippen LogP contribution in [0.25, 0.3) is 5.57 Å². The molecule has 2 N–H and O–H groups in total. The predicted molar refractivity (Wildman–Crippen MR) is 76.2 cm³/mol. The number of aryl methyl sites for hydroxylation is 2. The molecule has 5 heteroatoms. The molecule has 0 radical (unpaired) electrons. The first kappa shape index (κ1) is 14.3. The normalized spacial score (nSPS) is 14.8. The Morgan fingerprint density at radius 1 is 1.20 bits per heavy atom. The van der Waals surface area contributed by atoms with E-state index >= 15 is 0 Å². The van der Waals surface area contributed by atoms with Crippen molar-refractivity contribution in [3.63, 3.8) is 0 Å². The number of rotatable bonds is 4. The number of benzene rings is 1. The van der Waals surface area contributed by atoms with Gasteiger partial charge in [-0.15, -0.1) is 0 Å². The SMILES string of the molecule is COc1cc(C)c(C)cc1C1=CC(=O)N(CCN)C1=O. The van der Waals surface area contributed by atoms with Gasteiger partial charge < -0.3 is 10.5 Å². The Hall–Kier alpha value is -2.14. The van der Waals surface area contributed by atoms with Crippen molar-refractivity contribution in [2.75, 3.05) is 20.2 Å². The molecule has 1 aromatic carbocycles. The summed E-state index contributed by atoms with van der Waals surface area (Å²) in [6.07, 6.45) is 1.35. The molecular weight excluding hydrogens is 256 g/mol. The molecule has 0 saturated heterocycles. The lowest BCUT2D eigenvalue weighted by Gasteiger charge is -2.15. The van der Waals surface area contributed by atoms with E-state index in [4.69, 9.17) is 10.5 Å². The fourth-order valence-electron chi connectivity index (χ4n) is 2.21. The highest BCUT2D eigenvalue weighted by Crippen LogP contribution is 2.32. The van der Waals surface area contributed by atoms with E-state index in [2.05, 4.69) is 0 Å². The van der Waals surface area contributed by atoms with Gasteiger partial charge in [0.15, 0.2) is 0 Å². The van der Waals surface area contributed by atoms with Gasteiger partial charge in [-0.1, -0.05) is 0 Å². The lowest BCUT2D eigenvalue weighted by molar-refractivity contribution is -0.136. The van der Waals surface area contributed by atoms with Crippen molar-refractivity contribution in [2.24, 2.45) is 5.73 Å². The molecular formula is C15H18N2O3. The zero-order chi connectivity index (χ0) is 14.9. The minimum absolute atomic E-state index is 0.227. The smallest absolute Gasteiger partial charge is 0.261 e. The zero-order valence-electron chi connectivity index (χ0n) is 11.9. The molecule has 20 heavy (non-hydrogen) atoms. The van der Waals surface area contributed by atoms with Crippen LogP contribution in [0.1, 0.15) is 16.7 Å². The van der Waals surface area contributed by atoms with Crippen LogP contribution in [0.5, 0.6) is 5.75 Å². The van der Waals surface area contributed by atoms with Crippen LogP contribution in [-0.4, -0.2) is 36.9 Å². The largest absolute Gasteiger partial charge is 0.496 e. The van der Waals surface area contributed by atoms with E-state index < -0.39 is 0 Å². The summed E-state index contributed by atoms with van der Waals surface area (Å²) in [5.41, 5.74) is 8.55. The summed E-state index contributed by atoms with van der Waals surface area (Å²) >= 11 is 0. The Labute approximate surface area is 118 Å². The molecule has 1 aromatic rings. The first-order chi connectivity index (χ1) is 9.49. The summed E-state index contributed by atoms with van der Waals surface area (Å²) in [4.78, 5) is 25.3. The lowest BCUT2D eigenvalue weighted by Crippen LogP contribution is -2.35. The molecule has 1 heterocycles. The van der Waals surface area contributed by atoms with Crippen LogP contribution in [0.15, 0.2) is 18.2 Å². The molecule has 2 amide bonds. The molecule has 1 aliphatic heterocycles. The van der Waals surface area contributed by atoms with Crippen LogP contribution in [0.3, 0.4) is 0 Å². The summed E-state index contributed by atoms with van der Waals surface area (Å²) < 4.78 is 5.32. The van der Waals surface area contributed by atoms with Gasteiger partial charge in [-0.2, -0.15) is 0 Å². The van der Waals surface area contributed by atoms with Gasteiger partial charge in [0, 0.05) is 24.7 Å². The summed E-state index contributed by atoms with van der Waals surface area (Å²) in [6, 6.07) is 3.74. The second-order valence-electron chi connectivity index (χ2n) is 4.78. The maximum Gasteiger partial charge on any atom is 0.261 e. The second kappa shape index (κ2) is 5.46. The number of amides is 2. The highest BCUT2D eigenvalue weighted by atomic mass is 16.5. The van der Waals surface area contributed by atoms with E-state index in [1.54, 1.807) is 7.11 Å².